The number of benzene rings is 1. The second-order valence-electron chi connectivity index (χ2n) is 3.93. The van der Waals surface area contributed by atoms with Crippen LogP contribution in [0.25, 0.3) is 0 Å². The number of halogens is 1. The van der Waals surface area contributed by atoms with Gasteiger partial charge in [0.1, 0.15) is 0 Å². The lowest BCUT2D eigenvalue weighted by molar-refractivity contribution is 0.802. The molecule has 18 heavy (non-hydrogen) atoms. The Bertz CT molecular complexity index is 528. The topological polar surface area (TPSA) is 37.8 Å². The molecule has 0 bridgehead atoms. The number of nitrogens with one attached hydrogen (secondary N) is 1. The molecule has 0 unspecified atom stereocenters. The maximum Gasteiger partial charge on any atom is 0.192 e. The monoisotopic (exact) mass is 323 g/mol. The van der Waals surface area contributed by atoms with E-state index in [1.807, 2.05) is 32.4 Å². The molecular formula is C13H14BrN3S. The van der Waals surface area contributed by atoms with Crippen molar-refractivity contribution >= 4 is 27.7 Å². The fraction of sp³-hybridized carbons (Fsp3) is 0.231. The average molecular weight is 324 g/mol. The zero-order valence-corrected chi connectivity index (χ0v) is 12.7. The first kappa shape index (κ1) is 13.5. The van der Waals surface area contributed by atoms with E-state index in [1.54, 1.807) is 11.8 Å². The second kappa shape index (κ2) is 6.31. The summed E-state index contributed by atoms with van der Waals surface area (Å²) in [6.45, 7) is 2.82. The first-order chi connectivity index (χ1) is 8.69. The number of aromatic nitrogens is 2. The van der Waals surface area contributed by atoms with E-state index in [9.17, 15) is 0 Å². The van der Waals surface area contributed by atoms with Crippen molar-refractivity contribution in [1.29, 1.82) is 0 Å². The van der Waals surface area contributed by atoms with Gasteiger partial charge in [0.15, 0.2) is 5.16 Å². The van der Waals surface area contributed by atoms with Gasteiger partial charge in [-0.25, -0.2) is 9.97 Å². The molecule has 0 aliphatic carbocycles. The Morgan fingerprint density at radius 1 is 1.28 bits per heavy atom. The van der Waals surface area contributed by atoms with Crippen LogP contribution >= 0.6 is 27.7 Å². The van der Waals surface area contributed by atoms with E-state index in [0.29, 0.717) is 0 Å². The molecule has 0 fully saturated rings. The van der Waals surface area contributed by atoms with Gasteiger partial charge in [0.25, 0.3) is 0 Å². The first-order valence-electron chi connectivity index (χ1n) is 5.58. The molecule has 5 heteroatoms. The summed E-state index contributed by atoms with van der Waals surface area (Å²) in [7, 11) is 1.94. The van der Waals surface area contributed by atoms with Crippen LogP contribution < -0.4 is 5.32 Å². The number of rotatable bonds is 4. The molecule has 0 radical (unpaired) electrons. The second-order valence-corrected chi connectivity index (χ2v) is 5.85. The highest BCUT2D eigenvalue weighted by molar-refractivity contribution is 9.10. The van der Waals surface area contributed by atoms with Gasteiger partial charge in [0, 0.05) is 28.3 Å². The summed E-state index contributed by atoms with van der Waals surface area (Å²) in [5.41, 5.74) is 2.32. The average Bonchev–Trinajstić information content (AvgIpc) is 2.36. The van der Waals surface area contributed by atoms with E-state index in [1.165, 1.54) is 10.5 Å². The summed E-state index contributed by atoms with van der Waals surface area (Å²) in [4.78, 5) is 9.81. The Kier molecular flexibility index (Phi) is 4.74. The van der Waals surface area contributed by atoms with E-state index < -0.39 is 0 Å². The standard InChI is InChI=1S/C13H14BrN3S/c1-9-6-16-13(17-7-9)18-12-5-11(14)4-3-10(12)8-15-2/h3-7,15H,8H2,1-2H3. The quantitative estimate of drug-likeness (QED) is 0.875. The molecule has 0 saturated heterocycles. The lowest BCUT2D eigenvalue weighted by Gasteiger charge is -2.08. The largest absolute Gasteiger partial charge is 0.316 e. The SMILES string of the molecule is CNCc1ccc(Br)cc1Sc1ncc(C)cn1. The van der Waals surface area contributed by atoms with Crippen molar-refractivity contribution in [2.24, 2.45) is 0 Å². The van der Waals surface area contributed by atoms with Crippen molar-refractivity contribution < 1.29 is 0 Å². The van der Waals surface area contributed by atoms with Crippen molar-refractivity contribution in [1.82, 2.24) is 15.3 Å². The van der Waals surface area contributed by atoms with Gasteiger partial charge in [-0.2, -0.15) is 0 Å². The molecule has 94 valence electrons. The van der Waals surface area contributed by atoms with E-state index in [0.717, 1.165) is 21.7 Å². The minimum Gasteiger partial charge on any atom is -0.316 e. The summed E-state index contributed by atoms with van der Waals surface area (Å²) in [6.07, 6.45) is 3.68. The van der Waals surface area contributed by atoms with Gasteiger partial charge < -0.3 is 5.32 Å². The third-order valence-electron chi connectivity index (χ3n) is 2.35. The molecule has 0 spiro atoms. The van der Waals surface area contributed by atoms with Gasteiger partial charge in [-0.05, 0) is 49.0 Å². The van der Waals surface area contributed by atoms with Crippen LogP contribution in [0.15, 0.2) is 45.1 Å². The van der Waals surface area contributed by atoms with Crippen LogP contribution in [0.1, 0.15) is 11.1 Å². The molecule has 0 amide bonds. The molecule has 0 saturated carbocycles. The lowest BCUT2D eigenvalue weighted by atomic mass is 10.2. The highest BCUT2D eigenvalue weighted by Gasteiger charge is 2.06. The molecule has 1 heterocycles. The van der Waals surface area contributed by atoms with Crippen LogP contribution in [-0.2, 0) is 6.54 Å². The third-order valence-corrected chi connectivity index (χ3v) is 3.84. The number of hydrogen-bond donors (Lipinski definition) is 1. The molecule has 0 atom stereocenters. The van der Waals surface area contributed by atoms with E-state index in [2.05, 4.69) is 43.3 Å². The predicted molar refractivity (Wildman–Crippen MR) is 77.8 cm³/mol. The molecule has 0 aliphatic rings. The van der Waals surface area contributed by atoms with Crippen LogP contribution in [0.5, 0.6) is 0 Å². The highest BCUT2D eigenvalue weighted by atomic mass is 79.9. The summed E-state index contributed by atoms with van der Waals surface area (Å²) in [5, 5.41) is 3.94. The van der Waals surface area contributed by atoms with Crippen LogP contribution in [-0.4, -0.2) is 17.0 Å². The Morgan fingerprint density at radius 2 is 2.00 bits per heavy atom. The lowest BCUT2D eigenvalue weighted by Crippen LogP contribution is -2.06. The van der Waals surface area contributed by atoms with Crippen LogP contribution in [0, 0.1) is 6.92 Å². The molecule has 1 aromatic carbocycles. The molecule has 1 N–H and O–H groups in total. The normalized spacial score (nSPS) is 10.6. The van der Waals surface area contributed by atoms with Crippen molar-refractivity contribution in [3.05, 3.63) is 46.2 Å². The minimum absolute atomic E-state index is 0.774. The Hall–Kier alpha value is -0.910. The predicted octanol–water partition coefficient (Wildman–Crippen LogP) is 3.42. The molecular weight excluding hydrogens is 310 g/mol. The first-order valence-corrected chi connectivity index (χ1v) is 7.19. The van der Waals surface area contributed by atoms with Gasteiger partial charge in [-0.15, -0.1) is 0 Å². The van der Waals surface area contributed by atoms with E-state index >= 15 is 0 Å². The Morgan fingerprint density at radius 3 is 2.67 bits per heavy atom. The van der Waals surface area contributed by atoms with Crippen molar-refractivity contribution in [2.45, 2.75) is 23.5 Å². The molecule has 2 rings (SSSR count). The number of aryl methyl sites for hydroxylation is 1. The van der Waals surface area contributed by atoms with Crippen LogP contribution in [0.3, 0.4) is 0 Å². The maximum absolute atomic E-state index is 4.32. The summed E-state index contributed by atoms with van der Waals surface area (Å²) >= 11 is 5.08. The molecule has 0 aliphatic heterocycles. The van der Waals surface area contributed by atoms with Crippen LogP contribution in [0.2, 0.25) is 0 Å². The third kappa shape index (κ3) is 3.54. The summed E-state index contributed by atoms with van der Waals surface area (Å²) in [5.74, 6) is 0. The van der Waals surface area contributed by atoms with Crippen molar-refractivity contribution in [3.63, 3.8) is 0 Å². The fourth-order valence-corrected chi connectivity index (χ4v) is 2.87. The van der Waals surface area contributed by atoms with Gasteiger partial charge in [-0.3, -0.25) is 0 Å². The molecule has 1 aromatic heterocycles. The zero-order chi connectivity index (χ0) is 13.0. The highest BCUT2D eigenvalue weighted by Crippen LogP contribution is 2.30. The molecule has 3 nitrogen and oxygen atoms in total. The van der Waals surface area contributed by atoms with E-state index in [4.69, 9.17) is 0 Å². The minimum atomic E-state index is 0.774. The van der Waals surface area contributed by atoms with Gasteiger partial charge in [0.2, 0.25) is 0 Å². The zero-order valence-electron chi connectivity index (χ0n) is 10.3. The fourth-order valence-electron chi connectivity index (χ4n) is 1.49. The maximum atomic E-state index is 4.32. The smallest absolute Gasteiger partial charge is 0.192 e. The summed E-state index contributed by atoms with van der Waals surface area (Å²) < 4.78 is 1.07. The molecule has 2 aromatic rings. The van der Waals surface area contributed by atoms with Gasteiger partial charge >= 0.3 is 0 Å². The van der Waals surface area contributed by atoms with Crippen molar-refractivity contribution in [2.75, 3.05) is 7.05 Å². The summed E-state index contributed by atoms with van der Waals surface area (Å²) in [6, 6.07) is 6.25. The van der Waals surface area contributed by atoms with Crippen LogP contribution in [0.4, 0.5) is 0 Å². The van der Waals surface area contributed by atoms with Gasteiger partial charge in [-0.1, -0.05) is 22.0 Å². The Balaban J connectivity index is 2.26. The van der Waals surface area contributed by atoms with Crippen molar-refractivity contribution in [3.8, 4) is 0 Å². The Labute approximate surface area is 120 Å². The van der Waals surface area contributed by atoms with Gasteiger partial charge in [0.05, 0.1) is 0 Å². The number of hydrogen-bond acceptors (Lipinski definition) is 4. The number of nitrogens with zero attached hydrogens (tertiary/aromatic N) is 2. The van der Waals surface area contributed by atoms with E-state index in [-0.39, 0.29) is 0 Å².